The zero-order valence-corrected chi connectivity index (χ0v) is 14.9. The maximum atomic E-state index is 12.5. The van der Waals surface area contributed by atoms with Crippen LogP contribution in [0.1, 0.15) is 15.9 Å². The highest BCUT2D eigenvalue weighted by molar-refractivity contribution is 6.34. The van der Waals surface area contributed by atoms with Crippen molar-refractivity contribution in [2.24, 2.45) is 0 Å². The fourth-order valence-corrected chi connectivity index (χ4v) is 3.11. The van der Waals surface area contributed by atoms with Crippen LogP contribution in [-0.2, 0) is 0 Å². The van der Waals surface area contributed by atoms with Crippen LogP contribution in [0.5, 0.6) is 0 Å². The van der Waals surface area contributed by atoms with E-state index in [-0.39, 0.29) is 5.91 Å². The van der Waals surface area contributed by atoms with Crippen LogP contribution in [0.25, 0.3) is 16.9 Å². The number of carbonyl (C=O) groups excluding carboxylic acids is 1. The molecule has 0 saturated carbocycles. The number of fused-ring (bicyclic) bond motifs is 1. The van der Waals surface area contributed by atoms with Gasteiger partial charge in [-0.15, -0.1) is 0 Å². The number of carbonyl (C=O) groups is 1. The van der Waals surface area contributed by atoms with Crippen molar-refractivity contribution in [2.45, 2.75) is 6.92 Å². The van der Waals surface area contributed by atoms with Crippen molar-refractivity contribution >= 4 is 28.8 Å². The molecular formula is C21H16ClN3O. The third-order valence-electron chi connectivity index (χ3n) is 4.21. The fourth-order valence-electron chi connectivity index (χ4n) is 2.89. The van der Waals surface area contributed by atoms with Crippen molar-refractivity contribution in [3.63, 3.8) is 0 Å². The molecule has 0 bridgehead atoms. The maximum absolute atomic E-state index is 12.5. The minimum Gasteiger partial charge on any atom is -0.322 e. The predicted octanol–water partition coefficient (Wildman–Crippen LogP) is 5.22. The van der Waals surface area contributed by atoms with Gasteiger partial charge >= 0.3 is 0 Å². The Balaban J connectivity index is 1.65. The molecule has 0 spiro atoms. The summed E-state index contributed by atoms with van der Waals surface area (Å²) in [5.41, 5.74) is 4.97. The Morgan fingerprint density at radius 1 is 1.08 bits per heavy atom. The number of nitrogens with one attached hydrogen (secondary N) is 1. The Labute approximate surface area is 156 Å². The molecule has 4 nitrogen and oxygen atoms in total. The standard InChI is InChI=1S/C21H16ClN3O/c1-14-6-5-11-25-13-19(24-20(14)25)15-7-4-8-16(12-15)23-21(26)17-9-2-3-10-18(17)22/h2-13H,1H3,(H,23,26). The van der Waals surface area contributed by atoms with E-state index in [1.54, 1.807) is 24.3 Å². The van der Waals surface area contributed by atoms with Crippen LogP contribution in [0.2, 0.25) is 5.02 Å². The molecule has 0 saturated heterocycles. The number of aryl methyl sites for hydroxylation is 1. The molecule has 0 aliphatic carbocycles. The van der Waals surface area contributed by atoms with Gasteiger partial charge in [-0.1, -0.05) is 41.9 Å². The Bertz CT molecular complexity index is 1120. The second-order valence-electron chi connectivity index (χ2n) is 6.06. The number of halogens is 1. The van der Waals surface area contributed by atoms with Crippen LogP contribution in [0.4, 0.5) is 5.69 Å². The molecule has 4 rings (SSSR count). The summed E-state index contributed by atoms with van der Waals surface area (Å²) >= 11 is 6.10. The van der Waals surface area contributed by atoms with Crippen LogP contribution in [-0.4, -0.2) is 15.3 Å². The summed E-state index contributed by atoms with van der Waals surface area (Å²) in [7, 11) is 0. The molecule has 0 fully saturated rings. The van der Waals surface area contributed by atoms with Crippen LogP contribution in [0, 0.1) is 6.92 Å². The number of anilines is 1. The Kier molecular flexibility index (Phi) is 4.19. The lowest BCUT2D eigenvalue weighted by molar-refractivity contribution is 0.102. The predicted molar refractivity (Wildman–Crippen MR) is 105 cm³/mol. The molecule has 0 aliphatic rings. The highest BCUT2D eigenvalue weighted by Gasteiger charge is 2.11. The molecule has 4 aromatic rings. The molecule has 0 unspecified atom stereocenters. The van der Waals surface area contributed by atoms with Gasteiger partial charge in [0.1, 0.15) is 5.65 Å². The summed E-state index contributed by atoms with van der Waals surface area (Å²) in [6, 6.07) is 18.6. The number of aromatic nitrogens is 2. The number of rotatable bonds is 3. The SMILES string of the molecule is Cc1cccn2cc(-c3cccc(NC(=O)c4ccccc4Cl)c3)nc12. The van der Waals surface area contributed by atoms with E-state index in [1.165, 1.54) is 0 Å². The first-order valence-electron chi connectivity index (χ1n) is 8.22. The average molecular weight is 362 g/mol. The first kappa shape index (κ1) is 16.4. The molecule has 0 aliphatic heterocycles. The summed E-state index contributed by atoms with van der Waals surface area (Å²) in [5, 5.41) is 3.32. The number of benzene rings is 2. The summed E-state index contributed by atoms with van der Waals surface area (Å²) in [6.45, 7) is 2.03. The molecule has 1 amide bonds. The lowest BCUT2D eigenvalue weighted by Crippen LogP contribution is -2.12. The first-order chi connectivity index (χ1) is 12.6. The van der Waals surface area contributed by atoms with E-state index in [1.807, 2.05) is 60.1 Å². The summed E-state index contributed by atoms with van der Waals surface area (Å²) in [4.78, 5) is 17.2. The number of nitrogens with zero attached hydrogens (tertiary/aromatic N) is 2. The third kappa shape index (κ3) is 3.07. The zero-order chi connectivity index (χ0) is 18.1. The summed E-state index contributed by atoms with van der Waals surface area (Å²) in [6.07, 6.45) is 3.96. The fraction of sp³-hybridized carbons (Fsp3) is 0.0476. The molecule has 2 aromatic carbocycles. The van der Waals surface area contributed by atoms with Gasteiger partial charge in [-0.3, -0.25) is 4.79 Å². The smallest absolute Gasteiger partial charge is 0.257 e. The number of hydrogen-bond acceptors (Lipinski definition) is 2. The molecular weight excluding hydrogens is 346 g/mol. The van der Waals surface area contributed by atoms with Crippen LogP contribution in [0.3, 0.4) is 0 Å². The Hall–Kier alpha value is -3.11. The highest BCUT2D eigenvalue weighted by atomic mass is 35.5. The van der Waals surface area contributed by atoms with Gasteiger partial charge in [0, 0.05) is 23.6 Å². The quantitative estimate of drug-likeness (QED) is 0.544. The summed E-state index contributed by atoms with van der Waals surface area (Å²) in [5.74, 6) is -0.237. The van der Waals surface area contributed by atoms with E-state index in [0.717, 1.165) is 22.5 Å². The molecule has 1 N–H and O–H groups in total. The first-order valence-corrected chi connectivity index (χ1v) is 8.60. The van der Waals surface area contributed by atoms with Gasteiger partial charge in [0.15, 0.2) is 0 Å². The second kappa shape index (κ2) is 6.65. The molecule has 0 atom stereocenters. The normalized spacial score (nSPS) is 10.8. The molecule has 0 radical (unpaired) electrons. The van der Waals surface area contributed by atoms with Gasteiger partial charge in [0.25, 0.3) is 5.91 Å². The number of amides is 1. The van der Waals surface area contributed by atoms with Crippen LogP contribution < -0.4 is 5.32 Å². The third-order valence-corrected chi connectivity index (χ3v) is 4.54. The largest absolute Gasteiger partial charge is 0.322 e. The van der Waals surface area contributed by atoms with E-state index < -0.39 is 0 Å². The maximum Gasteiger partial charge on any atom is 0.257 e. The molecule has 5 heteroatoms. The average Bonchev–Trinajstić information content (AvgIpc) is 3.08. The minimum absolute atomic E-state index is 0.237. The van der Waals surface area contributed by atoms with E-state index in [0.29, 0.717) is 16.3 Å². The topological polar surface area (TPSA) is 46.4 Å². The monoisotopic (exact) mass is 361 g/mol. The van der Waals surface area contributed by atoms with Crippen molar-refractivity contribution in [2.75, 3.05) is 5.32 Å². The molecule has 2 heterocycles. The number of hydrogen-bond donors (Lipinski definition) is 1. The molecule has 26 heavy (non-hydrogen) atoms. The van der Waals surface area contributed by atoms with E-state index in [9.17, 15) is 4.79 Å². The Morgan fingerprint density at radius 2 is 1.92 bits per heavy atom. The second-order valence-corrected chi connectivity index (χ2v) is 6.47. The number of imidazole rings is 1. The van der Waals surface area contributed by atoms with Gasteiger partial charge in [-0.2, -0.15) is 0 Å². The lowest BCUT2D eigenvalue weighted by Gasteiger charge is -2.07. The van der Waals surface area contributed by atoms with Gasteiger partial charge < -0.3 is 9.72 Å². The Morgan fingerprint density at radius 3 is 2.73 bits per heavy atom. The van der Waals surface area contributed by atoms with Gasteiger partial charge in [-0.05, 0) is 42.8 Å². The van der Waals surface area contributed by atoms with Crippen molar-refractivity contribution in [3.05, 3.63) is 89.2 Å². The minimum atomic E-state index is -0.237. The van der Waals surface area contributed by atoms with Crippen molar-refractivity contribution in [3.8, 4) is 11.3 Å². The van der Waals surface area contributed by atoms with Crippen molar-refractivity contribution in [1.29, 1.82) is 0 Å². The van der Waals surface area contributed by atoms with Gasteiger partial charge in [0.05, 0.1) is 16.3 Å². The van der Waals surface area contributed by atoms with Crippen LogP contribution >= 0.6 is 11.6 Å². The number of pyridine rings is 1. The zero-order valence-electron chi connectivity index (χ0n) is 14.1. The van der Waals surface area contributed by atoms with Crippen molar-refractivity contribution < 1.29 is 4.79 Å². The lowest BCUT2D eigenvalue weighted by atomic mass is 10.1. The summed E-state index contributed by atoms with van der Waals surface area (Å²) < 4.78 is 2.00. The van der Waals surface area contributed by atoms with Crippen LogP contribution in [0.15, 0.2) is 73.1 Å². The molecule has 2 aromatic heterocycles. The highest BCUT2D eigenvalue weighted by Crippen LogP contribution is 2.24. The molecule has 128 valence electrons. The van der Waals surface area contributed by atoms with E-state index in [2.05, 4.69) is 5.32 Å². The van der Waals surface area contributed by atoms with Gasteiger partial charge in [0.2, 0.25) is 0 Å². The van der Waals surface area contributed by atoms with E-state index >= 15 is 0 Å². The van der Waals surface area contributed by atoms with Gasteiger partial charge in [-0.25, -0.2) is 4.98 Å². The van der Waals surface area contributed by atoms with E-state index in [4.69, 9.17) is 16.6 Å². The van der Waals surface area contributed by atoms with Crippen molar-refractivity contribution in [1.82, 2.24) is 9.38 Å².